The van der Waals surface area contributed by atoms with Gasteiger partial charge < -0.3 is 19.5 Å². The van der Waals surface area contributed by atoms with E-state index in [9.17, 15) is 0 Å². The Bertz CT molecular complexity index is 393. The van der Waals surface area contributed by atoms with Crippen LogP contribution in [0.2, 0.25) is 0 Å². The fraction of sp³-hybridized carbons (Fsp3) is 0.647. The number of benzene rings is 1. The van der Waals surface area contributed by atoms with E-state index in [0.29, 0.717) is 31.6 Å². The smallest absolute Gasteiger partial charge is 0.203 e. The van der Waals surface area contributed by atoms with Crippen LogP contribution < -0.4 is 19.5 Å². The Morgan fingerprint density at radius 2 is 1.43 bits per heavy atom. The highest BCUT2D eigenvalue weighted by Crippen LogP contribution is 2.41. The van der Waals surface area contributed by atoms with Gasteiger partial charge in [0.1, 0.15) is 0 Å². The molecular formula is C17H29NO3. The van der Waals surface area contributed by atoms with E-state index in [1.165, 1.54) is 5.56 Å². The van der Waals surface area contributed by atoms with E-state index in [4.69, 9.17) is 14.2 Å². The van der Waals surface area contributed by atoms with Crippen molar-refractivity contribution in [3.63, 3.8) is 0 Å². The Hall–Kier alpha value is -1.42. The summed E-state index contributed by atoms with van der Waals surface area (Å²) in [5.74, 6) is 2.23. The third-order valence-corrected chi connectivity index (χ3v) is 3.26. The Morgan fingerprint density at radius 1 is 0.905 bits per heavy atom. The molecule has 0 aromatic heterocycles. The van der Waals surface area contributed by atoms with E-state index < -0.39 is 0 Å². The Balaban J connectivity index is 3.26. The maximum Gasteiger partial charge on any atom is 0.203 e. The summed E-state index contributed by atoms with van der Waals surface area (Å²) in [6.45, 7) is 9.90. The average Bonchev–Trinajstić information content (AvgIpc) is 2.48. The molecule has 1 rings (SSSR count). The van der Waals surface area contributed by atoms with Gasteiger partial charge in [-0.15, -0.1) is 0 Å². The predicted octanol–water partition coefficient (Wildman–Crippen LogP) is 3.94. The maximum atomic E-state index is 5.76. The monoisotopic (exact) mass is 295 g/mol. The molecule has 0 spiro atoms. The Morgan fingerprint density at radius 3 is 1.81 bits per heavy atom. The molecular weight excluding hydrogens is 266 g/mol. The third-order valence-electron chi connectivity index (χ3n) is 3.26. The lowest BCUT2D eigenvalue weighted by molar-refractivity contribution is 0.260. The second kappa shape index (κ2) is 9.50. The summed E-state index contributed by atoms with van der Waals surface area (Å²) < 4.78 is 17.2. The number of ether oxygens (including phenoxy) is 3. The van der Waals surface area contributed by atoms with Gasteiger partial charge in [-0.1, -0.05) is 13.3 Å². The molecule has 1 N–H and O–H groups in total. The minimum atomic E-state index is 0.295. The van der Waals surface area contributed by atoms with Gasteiger partial charge in [-0.25, -0.2) is 0 Å². The first-order valence-corrected chi connectivity index (χ1v) is 7.95. The van der Waals surface area contributed by atoms with Crippen molar-refractivity contribution >= 4 is 0 Å². The summed E-state index contributed by atoms with van der Waals surface area (Å²) in [7, 11) is 1.98. The van der Waals surface area contributed by atoms with Crippen molar-refractivity contribution in [3.05, 3.63) is 17.7 Å². The molecule has 0 bridgehead atoms. The fourth-order valence-electron chi connectivity index (χ4n) is 2.38. The minimum Gasteiger partial charge on any atom is -0.490 e. The zero-order valence-corrected chi connectivity index (χ0v) is 14.0. The lowest BCUT2D eigenvalue weighted by Crippen LogP contribution is -2.16. The minimum absolute atomic E-state index is 0.295. The lowest BCUT2D eigenvalue weighted by atomic mass is 10.0. The molecule has 1 aromatic carbocycles. The van der Waals surface area contributed by atoms with Crippen LogP contribution in [0.15, 0.2) is 12.1 Å². The van der Waals surface area contributed by atoms with Crippen LogP contribution in [-0.4, -0.2) is 26.9 Å². The van der Waals surface area contributed by atoms with Gasteiger partial charge in [0.15, 0.2) is 11.5 Å². The number of nitrogens with one attached hydrogen (secondary N) is 1. The van der Waals surface area contributed by atoms with Crippen molar-refractivity contribution in [1.29, 1.82) is 0 Å². The summed E-state index contributed by atoms with van der Waals surface area (Å²) in [4.78, 5) is 0. The first-order chi connectivity index (χ1) is 10.2. The molecule has 0 saturated carbocycles. The van der Waals surface area contributed by atoms with E-state index in [1.807, 2.05) is 27.8 Å². The van der Waals surface area contributed by atoms with Crippen LogP contribution in [0.5, 0.6) is 17.2 Å². The first-order valence-electron chi connectivity index (χ1n) is 7.95. The standard InChI is InChI=1S/C17H29NO3/c1-6-10-14(18-5)13-11-15(19-7-2)17(21-9-4)16(12-13)20-8-3/h11-12,14,18H,6-10H2,1-5H3. The van der Waals surface area contributed by atoms with Crippen LogP contribution >= 0.6 is 0 Å². The van der Waals surface area contributed by atoms with Gasteiger partial charge in [0.05, 0.1) is 19.8 Å². The lowest BCUT2D eigenvalue weighted by Gasteiger charge is -2.21. The summed E-state index contributed by atoms with van der Waals surface area (Å²) >= 11 is 0. The van der Waals surface area contributed by atoms with Crippen LogP contribution in [0.1, 0.15) is 52.1 Å². The highest BCUT2D eigenvalue weighted by Gasteiger charge is 2.18. The van der Waals surface area contributed by atoms with Crippen molar-refractivity contribution in [2.75, 3.05) is 26.9 Å². The number of rotatable bonds is 10. The molecule has 120 valence electrons. The molecule has 1 aromatic rings. The third kappa shape index (κ3) is 4.81. The highest BCUT2D eigenvalue weighted by molar-refractivity contribution is 5.54. The molecule has 0 amide bonds. The molecule has 0 fully saturated rings. The van der Waals surface area contributed by atoms with E-state index in [-0.39, 0.29) is 0 Å². The van der Waals surface area contributed by atoms with Crippen LogP contribution in [0.4, 0.5) is 0 Å². The normalized spacial score (nSPS) is 12.0. The molecule has 21 heavy (non-hydrogen) atoms. The zero-order valence-electron chi connectivity index (χ0n) is 14.0. The second-order valence-corrected chi connectivity index (χ2v) is 4.78. The van der Waals surface area contributed by atoms with Crippen molar-refractivity contribution in [1.82, 2.24) is 5.32 Å². The van der Waals surface area contributed by atoms with Crippen LogP contribution in [-0.2, 0) is 0 Å². The molecule has 0 radical (unpaired) electrons. The van der Waals surface area contributed by atoms with Gasteiger partial charge in [0.2, 0.25) is 5.75 Å². The molecule has 0 aliphatic heterocycles. The van der Waals surface area contributed by atoms with Crippen LogP contribution in [0.25, 0.3) is 0 Å². The van der Waals surface area contributed by atoms with Gasteiger partial charge in [-0.3, -0.25) is 0 Å². The molecule has 0 saturated heterocycles. The van der Waals surface area contributed by atoms with E-state index in [2.05, 4.69) is 24.4 Å². The van der Waals surface area contributed by atoms with E-state index in [1.54, 1.807) is 0 Å². The Kier molecular flexibility index (Phi) is 7.98. The fourth-order valence-corrected chi connectivity index (χ4v) is 2.38. The Labute approximate surface area is 128 Å². The second-order valence-electron chi connectivity index (χ2n) is 4.78. The van der Waals surface area contributed by atoms with Gasteiger partial charge in [0.25, 0.3) is 0 Å². The number of hydrogen-bond acceptors (Lipinski definition) is 4. The van der Waals surface area contributed by atoms with Gasteiger partial charge in [-0.2, -0.15) is 0 Å². The zero-order chi connectivity index (χ0) is 15.7. The molecule has 1 atom stereocenters. The van der Waals surface area contributed by atoms with Crippen molar-refractivity contribution < 1.29 is 14.2 Å². The average molecular weight is 295 g/mol. The molecule has 4 nitrogen and oxygen atoms in total. The molecule has 0 heterocycles. The molecule has 4 heteroatoms. The summed E-state index contributed by atoms with van der Waals surface area (Å²) in [6.07, 6.45) is 2.19. The summed E-state index contributed by atoms with van der Waals surface area (Å²) in [5.41, 5.74) is 1.18. The summed E-state index contributed by atoms with van der Waals surface area (Å²) in [5, 5.41) is 3.36. The maximum absolute atomic E-state index is 5.76. The van der Waals surface area contributed by atoms with Crippen molar-refractivity contribution in [2.24, 2.45) is 0 Å². The molecule has 1 unspecified atom stereocenters. The van der Waals surface area contributed by atoms with Crippen molar-refractivity contribution in [3.8, 4) is 17.2 Å². The van der Waals surface area contributed by atoms with Gasteiger partial charge >= 0.3 is 0 Å². The summed E-state index contributed by atoms with van der Waals surface area (Å²) in [6, 6.07) is 4.42. The number of hydrogen-bond donors (Lipinski definition) is 1. The van der Waals surface area contributed by atoms with Gasteiger partial charge in [0, 0.05) is 6.04 Å². The molecule has 0 aliphatic rings. The predicted molar refractivity (Wildman–Crippen MR) is 86.7 cm³/mol. The highest BCUT2D eigenvalue weighted by atomic mass is 16.5. The van der Waals surface area contributed by atoms with E-state index >= 15 is 0 Å². The SMILES string of the molecule is CCCC(NC)c1cc(OCC)c(OCC)c(OCC)c1. The topological polar surface area (TPSA) is 39.7 Å². The van der Waals surface area contributed by atoms with Crippen LogP contribution in [0.3, 0.4) is 0 Å². The molecule has 0 aliphatic carbocycles. The quantitative estimate of drug-likeness (QED) is 0.709. The van der Waals surface area contributed by atoms with E-state index in [0.717, 1.165) is 24.3 Å². The van der Waals surface area contributed by atoms with Crippen LogP contribution in [0, 0.1) is 0 Å². The van der Waals surface area contributed by atoms with Gasteiger partial charge in [-0.05, 0) is 51.9 Å². The largest absolute Gasteiger partial charge is 0.490 e. The first kappa shape index (κ1) is 17.6. The van der Waals surface area contributed by atoms with Crippen molar-refractivity contribution in [2.45, 2.75) is 46.6 Å².